The molecule has 0 fully saturated rings. The molecule has 9 heteroatoms. The van der Waals surface area contributed by atoms with Crippen LogP contribution in [-0.2, 0) is 16.1 Å². The molecule has 0 aliphatic heterocycles. The van der Waals surface area contributed by atoms with Gasteiger partial charge in [0.25, 0.3) is 5.91 Å². The van der Waals surface area contributed by atoms with Gasteiger partial charge in [0.05, 0.1) is 15.1 Å². The maximum absolute atomic E-state index is 13.2. The molecule has 0 radical (unpaired) electrons. The Morgan fingerprint density at radius 2 is 1.77 bits per heavy atom. The first-order chi connectivity index (χ1) is 14.6. The highest BCUT2D eigenvalue weighted by atomic mass is 79.9. The Hall–Kier alpha value is -1.47. The summed E-state index contributed by atoms with van der Waals surface area (Å²) in [6.07, 6.45) is 0.435. The van der Waals surface area contributed by atoms with E-state index in [9.17, 15) is 9.59 Å². The minimum atomic E-state index is -0.673. The summed E-state index contributed by atoms with van der Waals surface area (Å²) in [4.78, 5) is 27.4. The van der Waals surface area contributed by atoms with Crippen molar-refractivity contribution in [3.05, 3.63) is 61.5 Å². The summed E-state index contributed by atoms with van der Waals surface area (Å²) < 4.78 is 6.45. The summed E-state index contributed by atoms with van der Waals surface area (Å²) in [5, 5.41) is 4.05. The highest BCUT2D eigenvalue weighted by Gasteiger charge is 2.29. The highest BCUT2D eigenvalue weighted by molar-refractivity contribution is 9.10. The highest BCUT2D eigenvalue weighted by Crippen LogP contribution is 2.28. The summed E-state index contributed by atoms with van der Waals surface area (Å²) in [5.41, 5.74) is 0.750. The van der Waals surface area contributed by atoms with Crippen LogP contribution in [0.3, 0.4) is 0 Å². The van der Waals surface area contributed by atoms with E-state index in [4.69, 9.17) is 39.5 Å². The molecular formula is C22H24BrCl3N2O3. The molecule has 2 aromatic rings. The van der Waals surface area contributed by atoms with E-state index in [-0.39, 0.29) is 31.0 Å². The predicted molar refractivity (Wildman–Crippen MR) is 129 cm³/mol. The Labute approximate surface area is 206 Å². The quantitative estimate of drug-likeness (QED) is 0.409. The topological polar surface area (TPSA) is 58.6 Å². The van der Waals surface area contributed by atoms with Crippen molar-refractivity contribution < 1.29 is 14.3 Å². The average Bonchev–Trinajstić information content (AvgIpc) is 2.69. The SMILES string of the molecule is CC[C@H](C(=O)NC(C)C)N(Cc1ccc(Cl)c(Cl)c1)C(=O)COc1ccc(Br)cc1Cl. The molecule has 1 N–H and O–H groups in total. The molecule has 0 aromatic heterocycles. The summed E-state index contributed by atoms with van der Waals surface area (Å²) >= 11 is 21.7. The first-order valence-electron chi connectivity index (χ1n) is 9.74. The van der Waals surface area contributed by atoms with E-state index >= 15 is 0 Å². The van der Waals surface area contributed by atoms with Gasteiger partial charge in [-0.15, -0.1) is 0 Å². The zero-order valence-corrected chi connectivity index (χ0v) is 21.3. The van der Waals surface area contributed by atoms with Crippen LogP contribution in [0.2, 0.25) is 15.1 Å². The number of nitrogens with zero attached hydrogens (tertiary/aromatic N) is 1. The van der Waals surface area contributed by atoms with Gasteiger partial charge in [0.1, 0.15) is 11.8 Å². The van der Waals surface area contributed by atoms with Crippen LogP contribution in [0.5, 0.6) is 5.75 Å². The minimum Gasteiger partial charge on any atom is -0.482 e. The smallest absolute Gasteiger partial charge is 0.261 e. The Balaban J connectivity index is 2.26. The van der Waals surface area contributed by atoms with Gasteiger partial charge in [0.2, 0.25) is 5.91 Å². The van der Waals surface area contributed by atoms with Crippen LogP contribution in [0.25, 0.3) is 0 Å². The molecule has 0 spiro atoms. The molecule has 31 heavy (non-hydrogen) atoms. The van der Waals surface area contributed by atoms with E-state index in [0.29, 0.717) is 27.2 Å². The molecule has 0 saturated heterocycles. The van der Waals surface area contributed by atoms with Gasteiger partial charge in [-0.3, -0.25) is 9.59 Å². The fraction of sp³-hybridized carbons (Fsp3) is 0.364. The van der Waals surface area contributed by atoms with E-state index in [1.54, 1.807) is 36.4 Å². The molecule has 5 nitrogen and oxygen atoms in total. The summed E-state index contributed by atoms with van der Waals surface area (Å²) in [7, 11) is 0. The number of amides is 2. The molecule has 2 amide bonds. The van der Waals surface area contributed by atoms with Crippen molar-refractivity contribution in [2.45, 2.75) is 45.8 Å². The van der Waals surface area contributed by atoms with Crippen LogP contribution in [-0.4, -0.2) is 35.4 Å². The van der Waals surface area contributed by atoms with Gasteiger partial charge in [0, 0.05) is 17.1 Å². The Morgan fingerprint density at radius 1 is 1.06 bits per heavy atom. The molecule has 0 heterocycles. The molecule has 2 rings (SSSR count). The minimum absolute atomic E-state index is 0.0544. The first-order valence-corrected chi connectivity index (χ1v) is 11.7. The fourth-order valence-corrected chi connectivity index (χ4v) is 4.00. The average molecular weight is 551 g/mol. The Bertz CT molecular complexity index is 940. The van der Waals surface area contributed by atoms with Crippen molar-refractivity contribution in [2.24, 2.45) is 0 Å². The number of ether oxygens (including phenoxy) is 1. The number of halogens is 4. The van der Waals surface area contributed by atoms with Gasteiger partial charge in [0.15, 0.2) is 6.61 Å². The monoisotopic (exact) mass is 548 g/mol. The summed E-state index contributed by atoms with van der Waals surface area (Å²) in [5.74, 6) is -0.198. The molecule has 0 bridgehead atoms. The van der Waals surface area contributed by atoms with Crippen molar-refractivity contribution in [3.63, 3.8) is 0 Å². The lowest BCUT2D eigenvalue weighted by molar-refractivity contribution is -0.143. The number of nitrogens with one attached hydrogen (secondary N) is 1. The van der Waals surface area contributed by atoms with Crippen LogP contribution in [0, 0.1) is 0 Å². The van der Waals surface area contributed by atoms with Crippen LogP contribution in [0.15, 0.2) is 40.9 Å². The van der Waals surface area contributed by atoms with Crippen molar-refractivity contribution in [3.8, 4) is 5.75 Å². The van der Waals surface area contributed by atoms with E-state index in [2.05, 4.69) is 21.2 Å². The van der Waals surface area contributed by atoms with Gasteiger partial charge in [-0.25, -0.2) is 0 Å². The first kappa shape index (κ1) is 25.8. The number of benzene rings is 2. The normalized spacial score (nSPS) is 11.9. The lowest BCUT2D eigenvalue weighted by atomic mass is 10.1. The molecule has 0 aliphatic carbocycles. The number of rotatable bonds is 9. The van der Waals surface area contributed by atoms with Crippen molar-refractivity contribution in [1.82, 2.24) is 10.2 Å². The van der Waals surface area contributed by atoms with E-state index in [1.165, 1.54) is 4.90 Å². The molecule has 1 atom stereocenters. The van der Waals surface area contributed by atoms with Crippen LogP contribution >= 0.6 is 50.7 Å². The third-order valence-corrected chi connectivity index (χ3v) is 5.93. The standard InChI is InChI=1S/C22H24BrCl3N2O3/c1-4-19(22(30)27-13(2)3)28(11-14-5-7-16(24)17(25)9-14)21(29)12-31-20-8-6-15(23)10-18(20)26/h5-10,13,19H,4,11-12H2,1-3H3,(H,27,30)/t19-/m1/s1. The molecule has 0 saturated carbocycles. The lowest BCUT2D eigenvalue weighted by Crippen LogP contribution is -2.51. The second kappa shape index (κ2) is 12.0. The third kappa shape index (κ3) is 7.56. The van der Waals surface area contributed by atoms with Crippen molar-refractivity contribution in [2.75, 3.05) is 6.61 Å². The number of hydrogen-bond donors (Lipinski definition) is 1. The fourth-order valence-electron chi connectivity index (χ4n) is 2.95. The van der Waals surface area contributed by atoms with Crippen LogP contribution < -0.4 is 10.1 Å². The van der Waals surface area contributed by atoms with Gasteiger partial charge in [-0.1, -0.05) is 63.7 Å². The molecule has 168 valence electrons. The second-order valence-electron chi connectivity index (χ2n) is 7.22. The number of carbonyl (C=O) groups excluding carboxylic acids is 2. The summed E-state index contributed by atoms with van der Waals surface area (Å²) in [6.45, 7) is 5.50. The molecule has 0 unspecified atom stereocenters. The van der Waals surface area contributed by atoms with Gasteiger partial charge >= 0.3 is 0 Å². The maximum atomic E-state index is 13.2. The molecule has 0 aliphatic rings. The molecule has 2 aromatic carbocycles. The predicted octanol–water partition coefficient (Wildman–Crippen LogP) is 6.12. The van der Waals surface area contributed by atoms with Gasteiger partial charge in [-0.2, -0.15) is 0 Å². The Kier molecular flexibility index (Phi) is 9.94. The zero-order chi connectivity index (χ0) is 23.1. The number of hydrogen-bond acceptors (Lipinski definition) is 3. The van der Waals surface area contributed by atoms with E-state index in [0.717, 1.165) is 10.0 Å². The van der Waals surface area contributed by atoms with E-state index < -0.39 is 6.04 Å². The molecular weight excluding hydrogens is 527 g/mol. The van der Waals surface area contributed by atoms with Gasteiger partial charge < -0.3 is 15.0 Å². The third-order valence-electron chi connectivity index (χ3n) is 4.40. The maximum Gasteiger partial charge on any atom is 0.261 e. The second-order valence-corrected chi connectivity index (χ2v) is 9.36. The lowest BCUT2D eigenvalue weighted by Gasteiger charge is -2.31. The number of carbonyl (C=O) groups is 2. The van der Waals surface area contributed by atoms with Crippen molar-refractivity contribution in [1.29, 1.82) is 0 Å². The van der Waals surface area contributed by atoms with Gasteiger partial charge in [-0.05, 0) is 56.2 Å². The largest absolute Gasteiger partial charge is 0.482 e. The van der Waals surface area contributed by atoms with Crippen LogP contribution in [0.4, 0.5) is 0 Å². The summed E-state index contributed by atoms with van der Waals surface area (Å²) in [6, 6.07) is 9.51. The van der Waals surface area contributed by atoms with E-state index in [1.807, 2.05) is 20.8 Å². The van der Waals surface area contributed by atoms with Crippen LogP contribution in [0.1, 0.15) is 32.8 Å². The Morgan fingerprint density at radius 3 is 2.35 bits per heavy atom. The zero-order valence-electron chi connectivity index (χ0n) is 17.4. The van der Waals surface area contributed by atoms with Crippen molar-refractivity contribution >= 4 is 62.5 Å².